The topological polar surface area (TPSA) is 103 Å². The SMILES string of the molecule is CCOC(=O)C1=C(c2ccccc2)N=c2s/c(=C\c3cc(I)cc(I)c3OCC#N)c(=O)n2[C@H]1c1ccc(OCC)cc1. The van der Waals surface area contributed by atoms with Crippen molar-refractivity contribution in [3.05, 3.63) is 116 Å². The number of hydrogen-bond donors (Lipinski definition) is 0. The number of nitrogens with zero attached hydrogens (tertiary/aromatic N) is 3. The van der Waals surface area contributed by atoms with Gasteiger partial charge in [0.2, 0.25) is 0 Å². The lowest BCUT2D eigenvalue weighted by Crippen LogP contribution is -2.40. The van der Waals surface area contributed by atoms with E-state index in [1.807, 2.05) is 79.7 Å². The van der Waals surface area contributed by atoms with Crippen LogP contribution in [-0.4, -0.2) is 30.4 Å². The predicted octanol–water partition coefficient (Wildman–Crippen LogP) is 5.45. The van der Waals surface area contributed by atoms with Gasteiger partial charge in [-0.3, -0.25) is 9.36 Å². The highest BCUT2D eigenvalue weighted by Crippen LogP contribution is 2.36. The standard InChI is InChI=1S/C32H25I2N3O5S/c1-3-40-23-12-10-20(11-13-23)28-26(31(39)41-4-2)27(19-8-6-5-7-9-19)36-32-37(28)30(38)25(43-32)17-21-16-22(33)18-24(34)29(21)42-15-14-35/h5-13,16-18,28H,3-4,15H2,1-2H3/b25-17-/t28-/m0/s1. The van der Waals surface area contributed by atoms with Gasteiger partial charge >= 0.3 is 5.97 Å². The van der Waals surface area contributed by atoms with Crippen molar-refractivity contribution in [1.82, 2.24) is 4.57 Å². The molecule has 0 fully saturated rings. The van der Waals surface area contributed by atoms with Crippen molar-refractivity contribution in [1.29, 1.82) is 5.26 Å². The molecule has 1 aromatic heterocycles. The molecule has 5 rings (SSSR count). The smallest absolute Gasteiger partial charge is 0.338 e. The molecule has 0 aliphatic carbocycles. The maximum absolute atomic E-state index is 14.2. The molecule has 0 saturated heterocycles. The third-order valence-electron chi connectivity index (χ3n) is 6.49. The van der Waals surface area contributed by atoms with Crippen LogP contribution in [0.2, 0.25) is 0 Å². The molecule has 0 unspecified atom stereocenters. The summed E-state index contributed by atoms with van der Waals surface area (Å²) in [5, 5.41) is 9.12. The summed E-state index contributed by atoms with van der Waals surface area (Å²) < 4.78 is 20.7. The summed E-state index contributed by atoms with van der Waals surface area (Å²) in [6.45, 7) is 4.21. The normalized spacial score (nSPS) is 14.5. The first-order valence-corrected chi connectivity index (χ1v) is 16.3. The van der Waals surface area contributed by atoms with Crippen LogP contribution in [0.3, 0.4) is 0 Å². The minimum atomic E-state index is -0.798. The van der Waals surface area contributed by atoms with Gasteiger partial charge in [0.25, 0.3) is 5.56 Å². The number of nitriles is 1. The molecule has 1 aliphatic rings. The van der Waals surface area contributed by atoms with Gasteiger partial charge in [-0.25, -0.2) is 9.79 Å². The molecule has 0 saturated carbocycles. The lowest BCUT2D eigenvalue weighted by Gasteiger charge is -2.26. The summed E-state index contributed by atoms with van der Waals surface area (Å²) in [7, 11) is 0. The fraction of sp³-hybridized carbons (Fsp3) is 0.188. The minimum Gasteiger partial charge on any atom is -0.494 e. The Morgan fingerprint density at radius 1 is 1.07 bits per heavy atom. The summed E-state index contributed by atoms with van der Waals surface area (Å²) in [6.07, 6.45) is 1.76. The molecule has 11 heteroatoms. The van der Waals surface area contributed by atoms with E-state index in [1.54, 1.807) is 17.6 Å². The highest BCUT2D eigenvalue weighted by atomic mass is 127. The number of aromatic nitrogens is 1. The van der Waals surface area contributed by atoms with E-state index < -0.39 is 12.0 Å². The average Bonchev–Trinajstić information content (AvgIpc) is 3.31. The Morgan fingerprint density at radius 3 is 2.49 bits per heavy atom. The zero-order valence-electron chi connectivity index (χ0n) is 23.2. The van der Waals surface area contributed by atoms with E-state index in [0.717, 1.165) is 12.7 Å². The number of carbonyl (C=O) groups excluding carboxylic acids is 1. The minimum absolute atomic E-state index is 0.125. The predicted molar refractivity (Wildman–Crippen MR) is 182 cm³/mol. The van der Waals surface area contributed by atoms with Crippen LogP contribution in [0.4, 0.5) is 0 Å². The second-order valence-electron chi connectivity index (χ2n) is 9.19. The number of benzene rings is 3. The Hall–Kier alpha value is -3.48. The average molecular weight is 817 g/mol. The molecule has 0 N–H and O–H groups in total. The zero-order chi connectivity index (χ0) is 30.5. The van der Waals surface area contributed by atoms with Gasteiger partial charge in [0, 0.05) is 14.7 Å². The van der Waals surface area contributed by atoms with Crippen molar-refractivity contribution in [2.45, 2.75) is 19.9 Å². The first-order chi connectivity index (χ1) is 20.9. The van der Waals surface area contributed by atoms with Gasteiger partial charge in [-0.05, 0) is 94.9 Å². The van der Waals surface area contributed by atoms with E-state index >= 15 is 0 Å². The van der Waals surface area contributed by atoms with Gasteiger partial charge in [-0.1, -0.05) is 53.8 Å². The lowest BCUT2D eigenvalue weighted by atomic mass is 9.93. The number of esters is 1. The third kappa shape index (κ3) is 6.56. The quantitative estimate of drug-likeness (QED) is 0.165. The molecular weight excluding hydrogens is 792 g/mol. The van der Waals surface area contributed by atoms with Crippen molar-refractivity contribution in [2.75, 3.05) is 19.8 Å². The number of carbonyl (C=O) groups is 1. The van der Waals surface area contributed by atoms with E-state index in [4.69, 9.17) is 24.5 Å². The van der Waals surface area contributed by atoms with E-state index in [2.05, 4.69) is 45.2 Å². The van der Waals surface area contributed by atoms with Gasteiger partial charge in [0.05, 0.1) is 38.6 Å². The number of thiazole rings is 1. The van der Waals surface area contributed by atoms with Crippen LogP contribution in [0.1, 0.15) is 36.6 Å². The molecule has 4 aromatic rings. The van der Waals surface area contributed by atoms with E-state index in [9.17, 15) is 9.59 Å². The van der Waals surface area contributed by atoms with Crippen LogP contribution in [-0.2, 0) is 9.53 Å². The van der Waals surface area contributed by atoms with Gasteiger partial charge in [-0.2, -0.15) is 5.26 Å². The second kappa shape index (κ2) is 13.9. The monoisotopic (exact) mass is 817 g/mol. The number of rotatable bonds is 9. The first-order valence-electron chi connectivity index (χ1n) is 13.4. The van der Waals surface area contributed by atoms with E-state index in [0.29, 0.717) is 44.3 Å². The molecule has 0 radical (unpaired) electrons. The highest BCUT2D eigenvalue weighted by Gasteiger charge is 2.35. The van der Waals surface area contributed by atoms with Crippen LogP contribution >= 0.6 is 56.5 Å². The van der Waals surface area contributed by atoms with Gasteiger partial charge in [0.15, 0.2) is 11.4 Å². The van der Waals surface area contributed by atoms with Crippen molar-refractivity contribution < 1.29 is 19.0 Å². The Balaban J connectivity index is 1.80. The van der Waals surface area contributed by atoms with Crippen LogP contribution < -0.4 is 24.4 Å². The maximum Gasteiger partial charge on any atom is 0.338 e. The Morgan fingerprint density at radius 2 is 1.81 bits per heavy atom. The molecule has 8 nitrogen and oxygen atoms in total. The van der Waals surface area contributed by atoms with E-state index in [1.165, 1.54) is 11.3 Å². The van der Waals surface area contributed by atoms with Crippen LogP contribution in [0.25, 0.3) is 11.8 Å². The summed E-state index contributed by atoms with van der Waals surface area (Å²) in [5.41, 5.74) is 2.53. The molecule has 0 amide bonds. The largest absolute Gasteiger partial charge is 0.494 e. The molecular formula is C32H25I2N3O5S. The van der Waals surface area contributed by atoms with E-state index in [-0.39, 0.29) is 24.3 Å². The number of fused-ring (bicyclic) bond motifs is 1. The molecule has 3 aromatic carbocycles. The molecule has 1 atom stereocenters. The van der Waals surface area contributed by atoms with Gasteiger partial charge < -0.3 is 14.2 Å². The number of hydrogen-bond acceptors (Lipinski definition) is 8. The maximum atomic E-state index is 14.2. The lowest BCUT2D eigenvalue weighted by molar-refractivity contribution is -0.138. The van der Waals surface area contributed by atoms with Crippen LogP contribution in [0.5, 0.6) is 11.5 Å². The first kappa shape index (κ1) is 31.0. The Bertz CT molecular complexity index is 1930. The zero-order valence-corrected chi connectivity index (χ0v) is 28.3. The summed E-state index contributed by atoms with van der Waals surface area (Å²) in [4.78, 5) is 33.2. The Labute approximate surface area is 279 Å². The number of ether oxygens (including phenoxy) is 3. The second-order valence-corrected chi connectivity index (χ2v) is 12.6. The molecule has 43 heavy (non-hydrogen) atoms. The third-order valence-corrected chi connectivity index (χ3v) is 8.89. The van der Waals surface area contributed by atoms with Crippen LogP contribution in [0, 0.1) is 18.5 Å². The molecule has 218 valence electrons. The van der Waals surface area contributed by atoms with Gasteiger partial charge in [0.1, 0.15) is 17.6 Å². The fourth-order valence-corrected chi connectivity index (χ4v) is 7.79. The summed E-state index contributed by atoms with van der Waals surface area (Å²) in [6, 6.07) is 21.8. The van der Waals surface area contributed by atoms with Crippen molar-refractivity contribution in [2.24, 2.45) is 4.99 Å². The van der Waals surface area contributed by atoms with Gasteiger partial charge in [-0.15, -0.1) is 0 Å². The summed E-state index contributed by atoms with van der Waals surface area (Å²) >= 11 is 5.60. The highest BCUT2D eigenvalue weighted by molar-refractivity contribution is 14.1. The molecule has 2 heterocycles. The summed E-state index contributed by atoms with van der Waals surface area (Å²) in [5.74, 6) is 0.660. The molecule has 0 bridgehead atoms. The number of halogens is 2. The van der Waals surface area contributed by atoms with Crippen molar-refractivity contribution in [3.63, 3.8) is 0 Å². The Kier molecular flexibility index (Phi) is 9.99. The van der Waals surface area contributed by atoms with Crippen LogP contribution in [0.15, 0.2) is 82.1 Å². The fourth-order valence-electron chi connectivity index (χ4n) is 4.75. The van der Waals surface area contributed by atoms with Crippen molar-refractivity contribution in [3.8, 4) is 17.6 Å². The van der Waals surface area contributed by atoms with Crippen molar-refractivity contribution >= 4 is 74.3 Å². The molecule has 0 spiro atoms. The molecule has 1 aliphatic heterocycles.